The Morgan fingerprint density at radius 1 is 1.03 bits per heavy atom. The molecule has 0 saturated heterocycles. The quantitative estimate of drug-likeness (QED) is 0.474. The highest BCUT2D eigenvalue weighted by molar-refractivity contribution is 5.33. The fourth-order valence-electron chi connectivity index (χ4n) is 3.37. The molecule has 4 aromatic rings. The van der Waals surface area contributed by atoms with E-state index < -0.39 is 34.8 Å². The van der Waals surface area contributed by atoms with Crippen LogP contribution in [-0.2, 0) is 12.1 Å². The third-order valence-electron chi connectivity index (χ3n) is 5.05. The topological polar surface area (TPSA) is 81.6 Å². The Morgan fingerprint density at radius 3 is 2.42 bits per heavy atom. The van der Waals surface area contributed by atoms with E-state index in [-0.39, 0.29) is 23.5 Å². The van der Waals surface area contributed by atoms with Crippen LogP contribution in [0.25, 0.3) is 5.69 Å². The van der Waals surface area contributed by atoms with E-state index in [1.54, 1.807) is 6.92 Å². The lowest BCUT2D eigenvalue weighted by Crippen LogP contribution is -2.38. The summed E-state index contributed by atoms with van der Waals surface area (Å²) in [4.78, 5) is 3.81. The highest BCUT2D eigenvalue weighted by atomic mass is 19.1. The minimum absolute atomic E-state index is 0.0798. The van der Waals surface area contributed by atoms with Gasteiger partial charge in [0.25, 0.3) is 0 Å². The lowest BCUT2D eigenvalue weighted by atomic mass is 9.80. The first-order chi connectivity index (χ1) is 14.8. The van der Waals surface area contributed by atoms with Crippen molar-refractivity contribution in [2.45, 2.75) is 25.0 Å². The van der Waals surface area contributed by atoms with Crippen molar-refractivity contribution in [1.82, 2.24) is 29.8 Å². The van der Waals surface area contributed by atoms with E-state index in [0.29, 0.717) is 6.07 Å². The number of nitrogens with zero attached hydrogens (tertiary/aromatic N) is 6. The summed E-state index contributed by atoms with van der Waals surface area (Å²) in [5, 5.41) is 23.4. The van der Waals surface area contributed by atoms with E-state index in [0.717, 1.165) is 35.0 Å². The number of aliphatic hydroxyl groups is 1. The van der Waals surface area contributed by atoms with Gasteiger partial charge in [-0.25, -0.2) is 31.9 Å². The molecule has 0 fully saturated rings. The number of halogens is 4. The molecule has 1 N–H and O–H groups in total. The van der Waals surface area contributed by atoms with Crippen molar-refractivity contribution in [3.8, 4) is 5.69 Å². The fraction of sp³-hybridized carbons (Fsp3) is 0.200. The van der Waals surface area contributed by atoms with Crippen LogP contribution in [0, 0.1) is 23.3 Å². The first-order valence-corrected chi connectivity index (χ1v) is 9.15. The summed E-state index contributed by atoms with van der Waals surface area (Å²) >= 11 is 0. The molecular weight excluding hydrogens is 416 g/mol. The minimum atomic E-state index is -1.93. The molecular formula is C20H16F4N6O. The van der Waals surface area contributed by atoms with Crippen LogP contribution in [0.1, 0.15) is 24.1 Å². The SMILES string of the molecule is C[C@@H](c1cn(-c2cc(F)cc(F)c2)nn1)[C@](O)(Cn1cncn1)c1ccc(F)cc1F. The van der Waals surface area contributed by atoms with Gasteiger partial charge in [0.1, 0.15) is 41.5 Å². The van der Waals surface area contributed by atoms with Crippen LogP contribution in [0.4, 0.5) is 17.6 Å². The fourth-order valence-corrected chi connectivity index (χ4v) is 3.37. The zero-order valence-corrected chi connectivity index (χ0v) is 16.1. The summed E-state index contributed by atoms with van der Waals surface area (Å²) in [5.74, 6) is -4.22. The van der Waals surface area contributed by atoms with E-state index in [1.165, 1.54) is 23.5 Å². The molecule has 7 nitrogen and oxygen atoms in total. The molecule has 2 aromatic carbocycles. The number of aromatic nitrogens is 6. The van der Waals surface area contributed by atoms with Crippen molar-refractivity contribution in [2.75, 3.05) is 0 Å². The molecule has 2 atom stereocenters. The Kier molecular flexibility index (Phi) is 5.27. The maximum atomic E-state index is 14.6. The van der Waals surface area contributed by atoms with Gasteiger partial charge in [-0.2, -0.15) is 5.10 Å². The molecule has 0 spiro atoms. The van der Waals surface area contributed by atoms with Crippen molar-refractivity contribution in [3.05, 3.63) is 89.8 Å². The van der Waals surface area contributed by atoms with Crippen LogP contribution in [0.15, 0.2) is 55.2 Å². The van der Waals surface area contributed by atoms with Crippen LogP contribution in [0.3, 0.4) is 0 Å². The lowest BCUT2D eigenvalue weighted by Gasteiger charge is -2.33. The maximum Gasteiger partial charge on any atom is 0.137 e. The van der Waals surface area contributed by atoms with Gasteiger partial charge in [0.2, 0.25) is 0 Å². The van der Waals surface area contributed by atoms with Crippen molar-refractivity contribution >= 4 is 0 Å². The summed E-state index contributed by atoms with van der Waals surface area (Å²) in [6, 6.07) is 5.69. The van der Waals surface area contributed by atoms with Crippen LogP contribution in [0.2, 0.25) is 0 Å². The van der Waals surface area contributed by atoms with Crippen LogP contribution < -0.4 is 0 Å². The van der Waals surface area contributed by atoms with Crippen molar-refractivity contribution in [2.24, 2.45) is 0 Å². The normalized spacial score (nSPS) is 14.4. The van der Waals surface area contributed by atoms with Gasteiger partial charge in [0.15, 0.2) is 0 Å². The largest absolute Gasteiger partial charge is 0.382 e. The Labute approximate surface area is 173 Å². The molecule has 0 aliphatic heterocycles. The number of hydrogen-bond donors (Lipinski definition) is 1. The predicted molar refractivity (Wildman–Crippen MR) is 100.0 cm³/mol. The first kappa shape index (κ1) is 20.7. The second kappa shape index (κ2) is 7.91. The molecule has 31 heavy (non-hydrogen) atoms. The highest BCUT2D eigenvalue weighted by Gasteiger charge is 2.41. The second-order valence-corrected chi connectivity index (χ2v) is 7.08. The van der Waals surface area contributed by atoms with Crippen molar-refractivity contribution in [1.29, 1.82) is 0 Å². The molecule has 160 valence electrons. The Balaban J connectivity index is 1.76. The molecule has 0 aliphatic carbocycles. The molecule has 0 saturated carbocycles. The summed E-state index contributed by atoms with van der Waals surface area (Å²) in [7, 11) is 0. The Bertz CT molecular complexity index is 1190. The average molecular weight is 432 g/mol. The van der Waals surface area contributed by atoms with Crippen LogP contribution >= 0.6 is 0 Å². The highest BCUT2D eigenvalue weighted by Crippen LogP contribution is 2.39. The van der Waals surface area contributed by atoms with Gasteiger partial charge in [-0.3, -0.25) is 0 Å². The van der Waals surface area contributed by atoms with E-state index >= 15 is 0 Å². The smallest absolute Gasteiger partial charge is 0.137 e. The van der Waals surface area contributed by atoms with Gasteiger partial charge in [-0.05, 0) is 18.2 Å². The van der Waals surface area contributed by atoms with E-state index in [9.17, 15) is 22.7 Å². The molecule has 4 rings (SSSR count). The van der Waals surface area contributed by atoms with Gasteiger partial charge in [-0.1, -0.05) is 18.2 Å². The van der Waals surface area contributed by atoms with Gasteiger partial charge in [-0.15, -0.1) is 5.10 Å². The third kappa shape index (κ3) is 4.04. The summed E-state index contributed by atoms with van der Waals surface area (Å²) in [5.41, 5.74) is -1.82. The molecule has 0 bridgehead atoms. The molecule has 2 aromatic heterocycles. The molecule has 0 radical (unpaired) electrons. The third-order valence-corrected chi connectivity index (χ3v) is 5.05. The monoisotopic (exact) mass is 432 g/mol. The minimum Gasteiger partial charge on any atom is -0.382 e. The first-order valence-electron chi connectivity index (χ1n) is 9.15. The average Bonchev–Trinajstić information content (AvgIpc) is 3.38. The van der Waals surface area contributed by atoms with Gasteiger partial charge >= 0.3 is 0 Å². The number of hydrogen-bond acceptors (Lipinski definition) is 5. The summed E-state index contributed by atoms with van der Waals surface area (Å²) in [6.45, 7) is 1.35. The number of rotatable bonds is 6. The zero-order valence-electron chi connectivity index (χ0n) is 16.1. The van der Waals surface area contributed by atoms with E-state index in [1.807, 2.05) is 0 Å². The Morgan fingerprint density at radius 2 is 1.77 bits per heavy atom. The van der Waals surface area contributed by atoms with Gasteiger partial charge in [0.05, 0.1) is 24.1 Å². The van der Waals surface area contributed by atoms with Crippen molar-refractivity contribution < 1.29 is 22.7 Å². The molecule has 0 amide bonds. The Hall–Kier alpha value is -3.60. The summed E-state index contributed by atoms with van der Waals surface area (Å²) in [6.07, 6.45) is 3.96. The van der Waals surface area contributed by atoms with Crippen LogP contribution in [0.5, 0.6) is 0 Å². The molecule has 2 heterocycles. The van der Waals surface area contributed by atoms with Crippen molar-refractivity contribution in [3.63, 3.8) is 0 Å². The lowest BCUT2D eigenvalue weighted by molar-refractivity contribution is -0.0123. The zero-order chi connectivity index (χ0) is 22.2. The van der Waals surface area contributed by atoms with Gasteiger partial charge < -0.3 is 5.11 Å². The number of benzene rings is 2. The van der Waals surface area contributed by atoms with Gasteiger partial charge in [0, 0.05) is 23.6 Å². The molecule has 11 heteroatoms. The second-order valence-electron chi connectivity index (χ2n) is 7.08. The van der Waals surface area contributed by atoms with Crippen LogP contribution in [-0.4, -0.2) is 34.9 Å². The maximum absolute atomic E-state index is 14.6. The predicted octanol–water partition coefficient (Wildman–Crippen LogP) is 3.11. The van der Waals surface area contributed by atoms with E-state index in [2.05, 4.69) is 20.4 Å². The standard InChI is InChI=1S/C20H16F4N6O/c1-12(19-8-30(28-27-19)16-5-14(22)4-15(23)6-16)20(31,9-29-11-25-10-26-29)17-3-2-13(21)7-18(17)24/h2-8,10-12,31H,9H2,1H3/t12-,20+/m0/s1. The van der Waals surface area contributed by atoms with E-state index in [4.69, 9.17) is 0 Å². The summed E-state index contributed by atoms with van der Waals surface area (Å²) < 4.78 is 57.6. The molecule has 0 unspecified atom stereocenters. The molecule has 0 aliphatic rings.